The molecule has 0 aliphatic heterocycles. The maximum absolute atomic E-state index is 11.8. The molecule has 11 nitrogen and oxygen atoms in total. The van der Waals surface area contributed by atoms with E-state index < -0.39 is 33.5 Å². The second kappa shape index (κ2) is 14.3. The van der Waals surface area contributed by atoms with E-state index in [-0.39, 0.29) is 36.6 Å². The van der Waals surface area contributed by atoms with Crippen molar-refractivity contribution in [2.75, 3.05) is 13.2 Å². The van der Waals surface area contributed by atoms with E-state index in [0.29, 0.717) is 14.5 Å². The van der Waals surface area contributed by atoms with Gasteiger partial charge in [-0.1, -0.05) is 37.9 Å². The third-order valence-electron chi connectivity index (χ3n) is 4.31. The zero-order valence-electron chi connectivity index (χ0n) is 19.0. The number of nitro groups is 2. The molecule has 0 saturated carbocycles. The maximum atomic E-state index is 11.8. The molecule has 0 radical (unpaired) electrons. The quantitative estimate of drug-likeness (QED) is 0.162. The van der Waals surface area contributed by atoms with Crippen LogP contribution in [-0.4, -0.2) is 40.8 Å². The van der Waals surface area contributed by atoms with Crippen LogP contribution in [-0.2, 0) is 30.3 Å². The third kappa shape index (κ3) is 9.17. The fraction of sp³-hybridized carbons (Fsp3) is 0.318. The third-order valence-corrected chi connectivity index (χ3v) is 5.30. The molecule has 0 bridgehead atoms. The van der Waals surface area contributed by atoms with Crippen molar-refractivity contribution in [3.63, 3.8) is 0 Å². The molecule has 0 aliphatic rings. The minimum absolute atomic E-state index is 0.0409. The van der Waals surface area contributed by atoms with Crippen molar-refractivity contribution < 1.29 is 33.7 Å². The van der Waals surface area contributed by atoms with Gasteiger partial charge < -0.3 is 9.47 Å². The van der Waals surface area contributed by atoms with E-state index >= 15 is 0 Å². The van der Waals surface area contributed by atoms with Crippen LogP contribution in [0.4, 0.5) is 11.4 Å². The Morgan fingerprint density at radius 3 is 1.89 bits per heavy atom. The van der Waals surface area contributed by atoms with Crippen molar-refractivity contribution in [1.29, 1.82) is 0 Å². The smallest absolute Gasteiger partial charge is 0.321 e. The lowest BCUT2D eigenvalue weighted by Gasteiger charge is -2.13. The van der Waals surface area contributed by atoms with E-state index in [1.54, 1.807) is 26.0 Å². The van der Waals surface area contributed by atoms with Crippen molar-refractivity contribution in [3.05, 3.63) is 76.7 Å². The van der Waals surface area contributed by atoms with E-state index in [9.17, 15) is 34.6 Å². The van der Waals surface area contributed by atoms with Crippen LogP contribution in [0.25, 0.3) is 0 Å². The predicted molar refractivity (Wildman–Crippen MR) is 132 cm³/mol. The summed E-state index contributed by atoms with van der Waals surface area (Å²) in [6.45, 7) is 4.86. The molecule has 1 unspecified atom stereocenters. The molecule has 0 heterocycles. The zero-order valence-corrected chi connectivity index (χ0v) is 22.2. The average molecular weight is 618 g/mol. The lowest BCUT2D eigenvalue weighted by Crippen LogP contribution is -2.23. The van der Waals surface area contributed by atoms with Crippen molar-refractivity contribution in [1.82, 2.24) is 0 Å². The molecule has 2 rings (SSSR count). The van der Waals surface area contributed by atoms with E-state index in [2.05, 4.69) is 31.9 Å². The lowest BCUT2D eigenvalue weighted by molar-refractivity contribution is -0.385. The van der Waals surface area contributed by atoms with Crippen molar-refractivity contribution in [3.8, 4) is 0 Å². The van der Waals surface area contributed by atoms with Crippen molar-refractivity contribution >= 4 is 61.0 Å². The number of ketones is 1. The number of nitro benzene ring substituents is 2. The summed E-state index contributed by atoms with van der Waals surface area (Å²) in [6, 6.07) is 8.74. The first-order valence-electron chi connectivity index (χ1n) is 10.1. The summed E-state index contributed by atoms with van der Waals surface area (Å²) in [5, 5.41) is 21.7. The average Bonchev–Trinajstić information content (AvgIpc) is 2.76. The standard InChI is InChI=1S/C12H12BrNO5.C10H10BrNO4/c1-3-19-12(16)11(7(2)15)9-5-4-8(13)6-10(9)14(17)18;1-2-16-10(13)5-7-3-4-8(11)6-9(7)12(14)15/h4-6,11H,3H2,1-2H3;3-4,6H,2,5H2,1H3. The highest BCUT2D eigenvalue weighted by atomic mass is 79.9. The van der Waals surface area contributed by atoms with E-state index in [1.807, 2.05) is 0 Å². The first-order valence-corrected chi connectivity index (χ1v) is 11.7. The summed E-state index contributed by atoms with van der Waals surface area (Å²) < 4.78 is 10.6. The Morgan fingerprint density at radius 1 is 0.886 bits per heavy atom. The van der Waals surface area contributed by atoms with Crippen molar-refractivity contribution in [2.45, 2.75) is 33.1 Å². The Morgan fingerprint density at radius 2 is 1.40 bits per heavy atom. The Labute approximate surface area is 217 Å². The molecule has 35 heavy (non-hydrogen) atoms. The summed E-state index contributed by atoms with van der Waals surface area (Å²) in [7, 11) is 0. The second-order valence-electron chi connectivity index (χ2n) is 6.77. The second-order valence-corrected chi connectivity index (χ2v) is 8.60. The van der Waals surface area contributed by atoms with Gasteiger partial charge >= 0.3 is 11.9 Å². The zero-order chi connectivity index (χ0) is 26.7. The molecule has 0 aromatic heterocycles. The van der Waals surface area contributed by atoms with Crippen LogP contribution < -0.4 is 0 Å². The number of hydrogen-bond acceptors (Lipinski definition) is 9. The molecule has 0 fully saturated rings. The summed E-state index contributed by atoms with van der Waals surface area (Å²) in [5.74, 6) is -3.01. The number of halogens is 2. The van der Waals surface area contributed by atoms with Gasteiger partial charge in [0, 0.05) is 26.6 Å². The molecule has 0 saturated heterocycles. The lowest BCUT2D eigenvalue weighted by atomic mass is 9.94. The number of hydrogen-bond donors (Lipinski definition) is 0. The first-order chi connectivity index (χ1) is 16.4. The predicted octanol–water partition coefficient (Wildman–Crippen LogP) is 5.06. The number of carbonyl (C=O) groups is 3. The molecule has 1 atom stereocenters. The largest absolute Gasteiger partial charge is 0.466 e. The van der Waals surface area contributed by atoms with Crippen LogP contribution >= 0.6 is 31.9 Å². The molecule has 2 aromatic rings. The van der Waals surface area contributed by atoms with Gasteiger partial charge in [0.05, 0.1) is 35.0 Å². The van der Waals surface area contributed by atoms with E-state index in [0.717, 1.165) is 0 Å². The highest BCUT2D eigenvalue weighted by Gasteiger charge is 2.33. The molecular weight excluding hydrogens is 596 g/mol. The number of Topliss-reactive ketones (excluding diaryl/α,β-unsaturated/α-hetero) is 1. The Balaban J connectivity index is 0.000000355. The maximum Gasteiger partial charge on any atom is 0.321 e. The molecule has 0 spiro atoms. The Hall–Kier alpha value is -3.19. The fourth-order valence-corrected chi connectivity index (χ4v) is 3.58. The van der Waals surface area contributed by atoms with E-state index in [4.69, 9.17) is 9.47 Å². The number of carbonyl (C=O) groups excluding carboxylic acids is 3. The number of ether oxygens (including phenoxy) is 2. The normalized spacial score (nSPS) is 10.9. The molecule has 188 valence electrons. The van der Waals surface area contributed by atoms with Gasteiger partial charge in [-0.05, 0) is 39.0 Å². The van der Waals surface area contributed by atoms with Gasteiger partial charge in [0.2, 0.25) is 0 Å². The van der Waals surface area contributed by atoms with Crippen LogP contribution in [0.5, 0.6) is 0 Å². The van der Waals surface area contributed by atoms with Crippen molar-refractivity contribution in [2.24, 2.45) is 0 Å². The SMILES string of the molecule is CCOC(=O)C(C(C)=O)c1ccc(Br)cc1[N+](=O)[O-].CCOC(=O)Cc1ccc(Br)cc1[N+](=O)[O-]. The Kier molecular flexibility index (Phi) is 12.2. The summed E-state index contributed by atoms with van der Waals surface area (Å²) in [4.78, 5) is 55.2. The van der Waals surface area contributed by atoms with Gasteiger partial charge in [-0.3, -0.25) is 34.6 Å². The molecule has 0 N–H and O–H groups in total. The summed E-state index contributed by atoms with van der Waals surface area (Å²) >= 11 is 6.25. The van der Waals surface area contributed by atoms with Gasteiger partial charge in [0.15, 0.2) is 0 Å². The fourth-order valence-electron chi connectivity index (χ4n) is 2.88. The minimum Gasteiger partial charge on any atom is -0.466 e. The molecule has 2 aromatic carbocycles. The number of benzene rings is 2. The van der Waals surface area contributed by atoms with Crippen LogP contribution in [0.3, 0.4) is 0 Å². The van der Waals surface area contributed by atoms with E-state index in [1.165, 1.54) is 31.2 Å². The van der Waals surface area contributed by atoms with Gasteiger partial charge in [-0.15, -0.1) is 0 Å². The van der Waals surface area contributed by atoms with Crippen LogP contribution in [0, 0.1) is 20.2 Å². The molecule has 0 aliphatic carbocycles. The highest BCUT2D eigenvalue weighted by molar-refractivity contribution is 9.10. The van der Waals surface area contributed by atoms with Gasteiger partial charge in [-0.2, -0.15) is 0 Å². The molecule has 13 heteroatoms. The molecule has 0 amide bonds. The van der Waals surface area contributed by atoms with Gasteiger partial charge in [0.1, 0.15) is 11.7 Å². The first kappa shape index (κ1) is 29.8. The van der Waals surface area contributed by atoms with Gasteiger partial charge in [-0.25, -0.2) is 0 Å². The topological polar surface area (TPSA) is 156 Å². The number of nitrogens with zero attached hydrogens (tertiary/aromatic N) is 2. The molecular formula is C22H22Br2N2O9. The monoisotopic (exact) mass is 616 g/mol. The van der Waals surface area contributed by atoms with Gasteiger partial charge in [0.25, 0.3) is 11.4 Å². The van der Waals surface area contributed by atoms with Crippen LogP contribution in [0.15, 0.2) is 45.3 Å². The number of esters is 2. The Bertz CT molecular complexity index is 1120. The highest BCUT2D eigenvalue weighted by Crippen LogP contribution is 2.31. The van der Waals surface area contributed by atoms with Crippen LogP contribution in [0.1, 0.15) is 37.8 Å². The summed E-state index contributed by atoms with van der Waals surface area (Å²) in [5.41, 5.74) is 0.0239. The minimum atomic E-state index is -1.27. The number of rotatable bonds is 9. The summed E-state index contributed by atoms with van der Waals surface area (Å²) in [6.07, 6.45) is -0.0859. The van der Waals surface area contributed by atoms with Crippen LogP contribution in [0.2, 0.25) is 0 Å².